The van der Waals surface area contributed by atoms with Crippen molar-refractivity contribution in [2.45, 2.75) is 52.4 Å². The van der Waals surface area contributed by atoms with Crippen molar-refractivity contribution in [3.05, 3.63) is 23.4 Å². The molecular formula is C17H27N3O. The number of hydrogen-bond donors (Lipinski definition) is 2. The SMILES string of the molecule is CCCNc1cc(C(=O)NCC2CCCCC2)cc(C)n1. The predicted octanol–water partition coefficient (Wildman–Crippen LogP) is 3.52. The minimum absolute atomic E-state index is 0.0191. The van der Waals surface area contributed by atoms with Gasteiger partial charge in [0.25, 0.3) is 5.91 Å². The molecule has 0 atom stereocenters. The third-order valence-corrected chi connectivity index (χ3v) is 4.05. The molecule has 4 nitrogen and oxygen atoms in total. The number of rotatable bonds is 6. The molecular weight excluding hydrogens is 262 g/mol. The second-order valence-corrected chi connectivity index (χ2v) is 6.02. The smallest absolute Gasteiger partial charge is 0.251 e. The molecule has 1 aromatic rings. The fourth-order valence-corrected chi connectivity index (χ4v) is 2.87. The highest BCUT2D eigenvalue weighted by molar-refractivity contribution is 5.95. The van der Waals surface area contributed by atoms with Gasteiger partial charge in [0.05, 0.1) is 0 Å². The monoisotopic (exact) mass is 289 g/mol. The zero-order valence-electron chi connectivity index (χ0n) is 13.2. The Morgan fingerprint density at radius 3 is 2.76 bits per heavy atom. The molecule has 1 fully saturated rings. The van der Waals surface area contributed by atoms with Crippen molar-refractivity contribution in [3.8, 4) is 0 Å². The molecule has 2 rings (SSSR count). The Kier molecular flexibility index (Phi) is 6.03. The van der Waals surface area contributed by atoms with E-state index in [9.17, 15) is 4.79 Å². The minimum atomic E-state index is 0.0191. The van der Waals surface area contributed by atoms with Gasteiger partial charge in [0.2, 0.25) is 0 Å². The maximum absolute atomic E-state index is 12.3. The first-order valence-electron chi connectivity index (χ1n) is 8.19. The maximum atomic E-state index is 12.3. The lowest BCUT2D eigenvalue weighted by Gasteiger charge is -2.21. The molecule has 1 amide bonds. The van der Waals surface area contributed by atoms with Crippen LogP contribution >= 0.6 is 0 Å². The van der Waals surface area contributed by atoms with Crippen molar-refractivity contribution in [3.63, 3.8) is 0 Å². The van der Waals surface area contributed by atoms with Crippen molar-refractivity contribution in [2.75, 3.05) is 18.4 Å². The fourth-order valence-electron chi connectivity index (χ4n) is 2.87. The van der Waals surface area contributed by atoms with E-state index in [2.05, 4.69) is 22.5 Å². The van der Waals surface area contributed by atoms with Crippen LogP contribution in [0.15, 0.2) is 12.1 Å². The second-order valence-electron chi connectivity index (χ2n) is 6.02. The molecule has 0 aliphatic heterocycles. The van der Waals surface area contributed by atoms with Crippen LogP contribution in [0.3, 0.4) is 0 Å². The molecule has 21 heavy (non-hydrogen) atoms. The summed E-state index contributed by atoms with van der Waals surface area (Å²) in [5.74, 6) is 1.47. The molecule has 0 aromatic carbocycles. The number of hydrogen-bond acceptors (Lipinski definition) is 3. The molecule has 0 bridgehead atoms. The number of nitrogens with one attached hydrogen (secondary N) is 2. The number of carbonyl (C=O) groups is 1. The Balaban J connectivity index is 1.92. The Morgan fingerprint density at radius 1 is 1.29 bits per heavy atom. The van der Waals surface area contributed by atoms with Gasteiger partial charge < -0.3 is 10.6 Å². The highest BCUT2D eigenvalue weighted by atomic mass is 16.1. The predicted molar refractivity (Wildman–Crippen MR) is 86.7 cm³/mol. The molecule has 1 saturated carbocycles. The Morgan fingerprint density at radius 2 is 2.05 bits per heavy atom. The van der Waals surface area contributed by atoms with Crippen LogP contribution in [0.4, 0.5) is 5.82 Å². The van der Waals surface area contributed by atoms with Gasteiger partial charge in [-0.25, -0.2) is 4.98 Å². The molecule has 0 spiro atoms. The molecule has 1 heterocycles. The van der Waals surface area contributed by atoms with Gasteiger partial charge in [-0.2, -0.15) is 0 Å². The average molecular weight is 289 g/mol. The summed E-state index contributed by atoms with van der Waals surface area (Å²) in [5.41, 5.74) is 1.58. The lowest BCUT2D eigenvalue weighted by molar-refractivity contribution is 0.0943. The average Bonchev–Trinajstić information content (AvgIpc) is 2.51. The third kappa shape index (κ3) is 5.03. The van der Waals surface area contributed by atoms with Gasteiger partial charge in [-0.15, -0.1) is 0 Å². The van der Waals surface area contributed by atoms with Gasteiger partial charge in [0.15, 0.2) is 0 Å². The third-order valence-electron chi connectivity index (χ3n) is 4.05. The molecule has 1 aliphatic carbocycles. The first-order valence-corrected chi connectivity index (χ1v) is 8.19. The summed E-state index contributed by atoms with van der Waals surface area (Å²) in [5, 5.41) is 6.33. The van der Waals surface area contributed by atoms with Gasteiger partial charge in [-0.3, -0.25) is 4.79 Å². The van der Waals surface area contributed by atoms with Crippen LogP contribution in [-0.4, -0.2) is 24.0 Å². The summed E-state index contributed by atoms with van der Waals surface area (Å²) in [6.45, 7) is 5.72. The topological polar surface area (TPSA) is 54.0 Å². The fraction of sp³-hybridized carbons (Fsp3) is 0.647. The summed E-state index contributed by atoms with van der Waals surface area (Å²) in [6.07, 6.45) is 7.50. The van der Waals surface area contributed by atoms with E-state index in [1.807, 2.05) is 19.1 Å². The zero-order chi connectivity index (χ0) is 15.1. The van der Waals surface area contributed by atoms with Gasteiger partial charge in [0.1, 0.15) is 5.82 Å². The molecule has 116 valence electrons. The van der Waals surface area contributed by atoms with E-state index in [1.54, 1.807) is 0 Å². The number of aromatic nitrogens is 1. The van der Waals surface area contributed by atoms with Crippen LogP contribution in [-0.2, 0) is 0 Å². The Labute approximate surface area is 127 Å². The van der Waals surface area contributed by atoms with Crippen LogP contribution in [0.2, 0.25) is 0 Å². The van der Waals surface area contributed by atoms with E-state index in [0.717, 1.165) is 31.0 Å². The van der Waals surface area contributed by atoms with Crippen molar-refractivity contribution in [1.82, 2.24) is 10.3 Å². The maximum Gasteiger partial charge on any atom is 0.251 e. The summed E-state index contributed by atoms with van der Waals surface area (Å²) >= 11 is 0. The molecule has 4 heteroatoms. The standard InChI is InChI=1S/C17H27N3O/c1-3-9-18-16-11-15(10-13(2)20-16)17(21)19-12-14-7-5-4-6-8-14/h10-11,14H,3-9,12H2,1-2H3,(H,18,20)(H,19,21). The minimum Gasteiger partial charge on any atom is -0.370 e. The lowest BCUT2D eigenvalue weighted by Crippen LogP contribution is -2.30. The summed E-state index contributed by atoms with van der Waals surface area (Å²) in [7, 11) is 0. The van der Waals surface area contributed by atoms with Gasteiger partial charge in [-0.1, -0.05) is 26.2 Å². The lowest BCUT2D eigenvalue weighted by atomic mass is 9.89. The summed E-state index contributed by atoms with van der Waals surface area (Å²) < 4.78 is 0. The van der Waals surface area contributed by atoms with E-state index in [4.69, 9.17) is 0 Å². The number of amides is 1. The molecule has 0 unspecified atom stereocenters. The van der Waals surface area contributed by atoms with Crippen molar-refractivity contribution in [1.29, 1.82) is 0 Å². The van der Waals surface area contributed by atoms with Gasteiger partial charge >= 0.3 is 0 Å². The van der Waals surface area contributed by atoms with E-state index in [0.29, 0.717) is 11.5 Å². The highest BCUT2D eigenvalue weighted by Crippen LogP contribution is 2.22. The van der Waals surface area contributed by atoms with E-state index >= 15 is 0 Å². The van der Waals surface area contributed by atoms with Crippen molar-refractivity contribution < 1.29 is 4.79 Å². The van der Waals surface area contributed by atoms with Crippen LogP contribution in [0.25, 0.3) is 0 Å². The molecule has 1 aromatic heterocycles. The molecule has 0 saturated heterocycles. The number of aryl methyl sites for hydroxylation is 1. The summed E-state index contributed by atoms with van der Waals surface area (Å²) in [6, 6.07) is 3.70. The van der Waals surface area contributed by atoms with Gasteiger partial charge in [0, 0.05) is 24.3 Å². The molecule has 0 radical (unpaired) electrons. The first-order chi connectivity index (χ1) is 10.2. The second kappa shape index (κ2) is 8.01. The first kappa shape index (κ1) is 15.8. The van der Waals surface area contributed by atoms with Gasteiger partial charge in [-0.05, 0) is 44.2 Å². The summed E-state index contributed by atoms with van der Waals surface area (Å²) in [4.78, 5) is 16.7. The van der Waals surface area contributed by atoms with Crippen LogP contribution in [0, 0.1) is 12.8 Å². The quantitative estimate of drug-likeness (QED) is 0.842. The number of anilines is 1. The Hall–Kier alpha value is -1.58. The van der Waals surface area contributed by atoms with E-state index in [-0.39, 0.29) is 5.91 Å². The largest absolute Gasteiger partial charge is 0.370 e. The normalized spacial score (nSPS) is 15.7. The van der Waals surface area contributed by atoms with Crippen LogP contribution in [0.5, 0.6) is 0 Å². The van der Waals surface area contributed by atoms with E-state index in [1.165, 1.54) is 32.1 Å². The zero-order valence-corrected chi connectivity index (χ0v) is 13.2. The van der Waals surface area contributed by atoms with Crippen molar-refractivity contribution in [2.24, 2.45) is 5.92 Å². The number of pyridine rings is 1. The molecule has 2 N–H and O–H groups in total. The highest BCUT2D eigenvalue weighted by Gasteiger charge is 2.15. The van der Waals surface area contributed by atoms with Crippen molar-refractivity contribution >= 4 is 11.7 Å². The number of carbonyl (C=O) groups excluding carboxylic acids is 1. The Bertz CT molecular complexity index is 467. The molecule has 1 aliphatic rings. The van der Waals surface area contributed by atoms with Crippen LogP contribution < -0.4 is 10.6 Å². The van der Waals surface area contributed by atoms with Crippen LogP contribution in [0.1, 0.15) is 61.5 Å². The van der Waals surface area contributed by atoms with E-state index < -0.39 is 0 Å². The number of nitrogens with zero attached hydrogens (tertiary/aromatic N) is 1.